The highest BCUT2D eigenvalue weighted by molar-refractivity contribution is 9.10. The standard InChI is InChI=1S/C21H20BrNO5/c1-12-8-13(22)9-17(20(12)27-3)21(25)23-14-4-6-16(19(10-14)26-2)18-7-5-15(11-24)28-18/h4-10,24H,11H2,1-3H3,(H,23,25). The van der Waals surface area contributed by atoms with Crippen molar-refractivity contribution >= 4 is 27.5 Å². The molecule has 0 unspecified atom stereocenters. The molecular formula is C21H20BrNO5. The molecule has 0 fully saturated rings. The summed E-state index contributed by atoms with van der Waals surface area (Å²) in [7, 11) is 3.08. The number of amides is 1. The number of hydrogen-bond donors (Lipinski definition) is 2. The molecule has 0 spiro atoms. The Balaban J connectivity index is 1.90. The third-order valence-corrected chi connectivity index (χ3v) is 4.69. The second-order valence-electron chi connectivity index (χ2n) is 6.10. The van der Waals surface area contributed by atoms with Gasteiger partial charge in [0.15, 0.2) is 0 Å². The van der Waals surface area contributed by atoms with Gasteiger partial charge in [-0.3, -0.25) is 4.79 Å². The summed E-state index contributed by atoms with van der Waals surface area (Å²) in [6, 6.07) is 12.3. The van der Waals surface area contributed by atoms with Gasteiger partial charge in [-0.15, -0.1) is 0 Å². The predicted octanol–water partition coefficient (Wildman–Crippen LogP) is 4.78. The molecule has 1 aromatic heterocycles. The Morgan fingerprint density at radius 1 is 1.14 bits per heavy atom. The first-order valence-corrected chi connectivity index (χ1v) is 9.29. The largest absolute Gasteiger partial charge is 0.496 e. The number of benzene rings is 2. The van der Waals surface area contributed by atoms with E-state index < -0.39 is 0 Å². The van der Waals surface area contributed by atoms with Crippen molar-refractivity contribution in [1.29, 1.82) is 0 Å². The zero-order valence-electron chi connectivity index (χ0n) is 15.7. The molecule has 2 aromatic carbocycles. The Kier molecular flexibility index (Phi) is 6.06. The van der Waals surface area contributed by atoms with Crippen LogP contribution in [0.2, 0.25) is 0 Å². The van der Waals surface area contributed by atoms with Crippen molar-refractivity contribution in [1.82, 2.24) is 0 Å². The second-order valence-corrected chi connectivity index (χ2v) is 7.01. The lowest BCUT2D eigenvalue weighted by atomic mass is 10.1. The zero-order chi connectivity index (χ0) is 20.3. The van der Waals surface area contributed by atoms with Crippen LogP contribution in [0, 0.1) is 6.92 Å². The Bertz CT molecular complexity index is 1010. The molecule has 1 amide bonds. The third-order valence-electron chi connectivity index (χ3n) is 4.23. The van der Waals surface area contributed by atoms with Crippen LogP contribution in [0.5, 0.6) is 11.5 Å². The molecule has 0 atom stereocenters. The summed E-state index contributed by atoms with van der Waals surface area (Å²) in [5.41, 5.74) is 2.57. The van der Waals surface area contributed by atoms with Crippen LogP contribution in [0.15, 0.2) is 51.4 Å². The van der Waals surface area contributed by atoms with Gasteiger partial charge < -0.3 is 24.3 Å². The highest BCUT2D eigenvalue weighted by Crippen LogP contribution is 2.34. The van der Waals surface area contributed by atoms with Gasteiger partial charge in [-0.2, -0.15) is 0 Å². The highest BCUT2D eigenvalue weighted by Gasteiger charge is 2.17. The van der Waals surface area contributed by atoms with E-state index >= 15 is 0 Å². The molecule has 1 heterocycles. The summed E-state index contributed by atoms with van der Waals surface area (Å²) in [5.74, 6) is 1.80. The fourth-order valence-corrected chi connectivity index (χ4v) is 3.52. The Morgan fingerprint density at radius 2 is 1.93 bits per heavy atom. The average Bonchev–Trinajstić information content (AvgIpc) is 3.16. The maximum Gasteiger partial charge on any atom is 0.259 e. The van der Waals surface area contributed by atoms with Crippen molar-refractivity contribution in [2.45, 2.75) is 13.5 Å². The van der Waals surface area contributed by atoms with E-state index in [-0.39, 0.29) is 12.5 Å². The number of aryl methyl sites for hydroxylation is 1. The Morgan fingerprint density at radius 3 is 2.57 bits per heavy atom. The van der Waals surface area contributed by atoms with Gasteiger partial charge in [0.25, 0.3) is 5.91 Å². The molecule has 7 heteroatoms. The van der Waals surface area contributed by atoms with Crippen LogP contribution in [0.3, 0.4) is 0 Å². The van der Waals surface area contributed by atoms with Crippen LogP contribution in [0.4, 0.5) is 5.69 Å². The first-order chi connectivity index (χ1) is 13.5. The Labute approximate surface area is 171 Å². The minimum atomic E-state index is -0.295. The number of hydrogen-bond acceptors (Lipinski definition) is 5. The molecule has 3 rings (SSSR count). The van der Waals surface area contributed by atoms with Crippen LogP contribution in [-0.2, 0) is 6.61 Å². The van der Waals surface area contributed by atoms with Gasteiger partial charge >= 0.3 is 0 Å². The molecule has 2 N–H and O–H groups in total. The van der Waals surface area contributed by atoms with Crippen molar-refractivity contribution < 1.29 is 23.8 Å². The maximum absolute atomic E-state index is 12.8. The van der Waals surface area contributed by atoms with E-state index in [9.17, 15) is 9.90 Å². The first-order valence-electron chi connectivity index (χ1n) is 8.50. The highest BCUT2D eigenvalue weighted by atomic mass is 79.9. The summed E-state index contributed by atoms with van der Waals surface area (Å²) in [5, 5.41) is 12.0. The maximum atomic E-state index is 12.8. The number of halogens is 1. The number of ether oxygens (including phenoxy) is 2. The van der Waals surface area contributed by atoms with Gasteiger partial charge in [0.2, 0.25) is 0 Å². The lowest BCUT2D eigenvalue weighted by Gasteiger charge is -2.14. The summed E-state index contributed by atoms with van der Waals surface area (Å²) in [6.07, 6.45) is 0. The lowest BCUT2D eigenvalue weighted by Crippen LogP contribution is -2.14. The molecule has 146 valence electrons. The molecule has 28 heavy (non-hydrogen) atoms. The number of carbonyl (C=O) groups is 1. The van der Waals surface area contributed by atoms with Gasteiger partial charge in [0.05, 0.1) is 25.3 Å². The minimum Gasteiger partial charge on any atom is -0.496 e. The first kappa shape index (κ1) is 20.0. The van der Waals surface area contributed by atoms with Crippen molar-refractivity contribution in [3.05, 3.63) is 63.8 Å². The molecule has 6 nitrogen and oxygen atoms in total. The van der Waals surface area contributed by atoms with Gasteiger partial charge in [-0.25, -0.2) is 0 Å². The van der Waals surface area contributed by atoms with Crippen molar-refractivity contribution in [3.63, 3.8) is 0 Å². The third kappa shape index (κ3) is 4.05. The quantitative estimate of drug-likeness (QED) is 0.570. The zero-order valence-corrected chi connectivity index (χ0v) is 17.3. The molecule has 0 radical (unpaired) electrons. The molecule has 0 saturated carbocycles. The SMILES string of the molecule is COc1cc(NC(=O)c2cc(Br)cc(C)c2OC)ccc1-c1ccc(CO)o1. The summed E-state index contributed by atoms with van der Waals surface area (Å²) in [6.45, 7) is 1.70. The van der Waals surface area contributed by atoms with Crippen molar-refractivity contribution in [3.8, 4) is 22.8 Å². The van der Waals surface area contributed by atoms with E-state index in [1.807, 2.05) is 13.0 Å². The van der Waals surface area contributed by atoms with Gasteiger partial charge in [-0.05, 0) is 48.9 Å². The van der Waals surface area contributed by atoms with Crippen LogP contribution in [0.1, 0.15) is 21.7 Å². The van der Waals surface area contributed by atoms with Crippen molar-refractivity contribution in [2.24, 2.45) is 0 Å². The number of anilines is 1. The molecule has 3 aromatic rings. The van der Waals surface area contributed by atoms with Gasteiger partial charge in [0, 0.05) is 16.2 Å². The molecule has 0 aliphatic carbocycles. The number of aliphatic hydroxyl groups is 1. The molecule has 0 saturated heterocycles. The normalized spacial score (nSPS) is 10.6. The van der Waals surface area contributed by atoms with Gasteiger partial charge in [-0.1, -0.05) is 15.9 Å². The topological polar surface area (TPSA) is 80.9 Å². The van der Waals surface area contributed by atoms with Crippen LogP contribution >= 0.6 is 15.9 Å². The predicted molar refractivity (Wildman–Crippen MR) is 110 cm³/mol. The molecular weight excluding hydrogens is 426 g/mol. The van der Waals surface area contributed by atoms with E-state index in [1.54, 1.807) is 43.5 Å². The van der Waals surface area contributed by atoms with Crippen LogP contribution < -0.4 is 14.8 Å². The molecule has 0 aliphatic rings. The van der Waals surface area contributed by atoms with Crippen molar-refractivity contribution in [2.75, 3.05) is 19.5 Å². The minimum absolute atomic E-state index is 0.176. The van der Waals surface area contributed by atoms with E-state index in [2.05, 4.69) is 21.2 Å². The number of carbonyl (C=O) groups excluding carboxylic acids is 1. The van der Waals surface area contributed by atoms with Gasteiger partial charge in [0.1, 0.15) is 29.6 Å². The van der Waals surface area contributed by atoms with E-state index in [4.69, 9.17) is 13.9 Å². The lowest BCUT2D eigenvalue weighted by molar-refractivity contribution is 0.102. The second kappa shape index (κ2) is 8.50. The molecule has 0 aliphatic heterocycles. The Hall–Kier alpha value is -2.77. The van der Waals surface area contributed by atoms with E-state index in [0.717, 1.165) is 15.6 Å². The number of methoxy groups -OCH3 is 2. The van der Waals surface area contributed by atoms with Crippen LogP contribution in [0.25, 0.3) is 11.3 Å². The van der Waals surface area contributed by atoms with E-state index in [0.29, 0.717) is 34.3 Å². The smallest absolute Gasteiger partial charge is 0.259 e. The summed E-state index contributed by atoms with van der Waals surface area (Å²) < 4.78 is 17.2. The van der Waals surface area contributed by atoms with Crippen LogP contribution in [-0.4, -0.2) is 25.2 Å². The fraction of sp³-hybridized carbons (Fsp3) is 0.190. The summed E-state index contributed by atoms with van der Waals surface area (Å²) in [4.78, 5) is 12.8. The summed E-state index contributed by atoms with van der Waals surface area (Å²) >= 11 is 3.41. The monoisotopic (exact) mass is 445 g/mol. The number of rotatable bonds is 6. The average molecular weight is 446 g/mol. The number of nitrogens with one attached hydrogen (secondary N) is 1. The fourth-order valence-electron chi connectivity index (χ4n) is 2.95. The number of furan rings is 1. The van der Waals surface area contributed by atoms with E-state index in [1.165, 1.54) is 7.11 Å². The number of aliphatic hydroxyl groups excluding tert-OH is 1. The molecule has 0 bridgehead atoms.